The van der Waals surface area contributed by atoms with Crippen molar-refractivity contribution in [1.82, 2.24) is 5.43 Å². The average Bonchev–Trinajstić information content (AvgIpc) is 2.62. The minimum atomic E-state index is -0.509. The maximum Gasteiger partial charge on any atom is 0.249 e. The Labute approximate surface area is 145 Å². The van der Waals surface area contributed by atoms with Gasteiger partial charge in [-0.25, -0.2) is 5.43 Å². The summed E-state index contributed by atoms with van der Waals surface area (Å²) in [5.74, 6) is 0.233. The highest BCUT2D eigenvalue weighted by atomic mass is 16.5. The Morgan fingerprint density at radius 2 is 1.72 bits per heavy atom. The summed E-state index contributed by atoms with van der Waals surface area (Å²) in [6, 6.07) is 14.1. The number of amides is 2. The van der Waals surface area contributed by atoms with Gasteiger partial charge in [0.2, 0.25) is 11.8 Å². The van der Waals surface area contributed by atoms with Crippen molar-refractivity contribution in [3.05, 3.63) is 54.1 Å². The molecule has 0 radical (unpaired) electrons. The molecule has 2 aromatic carbocycles. The van der Waals surface area contributed by atoms with Crippen LogP contribution in [-0.4, -0.2) is 32.2 Å². The number of ether oxygens (including phenoxy) is 2. The maximum absolute atomic E-state index is 11.8. The fourth-order valence-electron chi connectivity index (χ4n) is 2.02. The molecule has 0 atom stereocenters. The van der Waals surface area contributed by atoms with Crippen LogP contribution in [0.4, 0.5) is 5.69 Å². The highest BCUT2D eigenvalue weighted by Crippen LogP contribution is 2.26. The van der Waals surface area contributed by atoms with Gasteiger partial charge in [-0.15, -0.1) is 0 Å². The zero-order chi connectivity index (χ0) is 18.1. The zero-order valence-corrected chi connectivity index (χ0v) is 14.0. The summed E-state index contributed by atoms with van der Waals surface area (Å²) in [5.41, 5.74) is 3.66. The summed E-state index contributed by atoms with van der Waals surface area (Å²) in [4.78, 5) is 23.5. The highest BCUT2D eigenvalue weighted by molar-refractivity contribution is 6.03. The second-order valence-electron chi connectivity index (χ2n) is 5.00. The predicted molar refractivity (Wildman–Crippen MR) is 95.0 cm³/mol. The van der Waals surface area contributed by atoms with E-state index in [9.17, 15) is 9.59 Å². The average molecular weight is 341 g/mol. The number of carbonyl (C=O) groups excluding carboxylic acids is 2. The molecule has 2 amide bonds. The molecule has 0 unspecified atom stereocenters. The standard InChI is InChI=1S/C18H19N3O4/c1-24-15-9-8-13(10-16(15)25-2)12-19-21-18(23)11-17(22)20-14-6-4-3-5-7-14/h3-10,12H,11H2,1-2H3,(H,20,22)(H,21,23). The van der Waals surface area contributed by atoms with Crippen LogP contribution in [0.15, 0.2) is 53.6 Å². The molecular formula is C18H19N3O4. The molecule has 25 heavy (non-hydrogen) atoms. The topological polar surface area (TPSA) is 89.0 Å². The Kier molecular flexibility index (Phi) is 6.53. The number of hydrogen-bond acceptors (Lipinski definition) is 5. The van der Waals surface area contributed by atoms with E-state index in [4.69, 9.17) is 9.47 Å². The van der Waals surface area contributed by atoms with Gasteiger partial charge >= 0.3 is 0 Å². The van der Waals surface area contributed by atoms with E-state index < -0.39 is 11.8 Å². The number of benzene rings is 2. The number of anilines is 1. The first-order chi connectivity index (χ1) is 12.1. The second-order valence-corrected chi connectivity index (χ2v) is 5.00. The van der Waals surface area contributed by atoms with Gasteiger partial charge in [0.05, 0.1) is 20.4 Å². The third-order valence-electron chi connectivity index (χ3n) is 3.19. The summed E-state index contributed by atoms with van der Waals surface area (Å²) in [6.45, 7) is 0. The molecular weight excluding hydrogens is 322 g/mol. The molecule has 130 valence electrons. The molecule has 0 aliphatic rings. The van der Waals surface area contributed by atoms with Crippen LogP contribution in [-0.2, 0) is 9.59 Å². The van der Waals surface area contributed by atoms with Crippen molar-refractivity contribution < 1.29 is 19.1 Å². The highest BCUT2D eigenvalue weighted by Gasteiger charge is 2.09. The number of hydrazone groups is 1. The molecule has 0 spiro atoms. The second kappa shape index (κ2) is 9.07. The monoisotopic (exact) mass is 341 g/mol. The SMILES string of the molecule is COc1ccc(C=NNC(=O)CC(=O)Nc2ccccc2)cc1OC. The third kappa shape index (κ3) is 5.65. The van der Waals surface area contributed by atoms with Gasteiger partial charge < -0.3 is 14.8 Å². The van der Waals surface area contributed by atoms with Gasteiger partial charge in [0.1, 0.15) is 6.42 Å². The van der Waals surface area contributed by atoms with E-state index in [-0.39, 0.29) is 6.42 Å². The third-order valence-corrected chi connectivity index (χ3v) is 3.19. The molecule has 0 saturated heterocycles. The molecule has 0 fully saturated rings. The van der Waals surface area contributed by atoms with Crippen LogP contribution in [0.1, 0.15) is 12.0 Å². The smallest absolute Gasteiger partial charge is 0.249 e. The van der Waals surface area contributed by atoms with E-state index in [0.29, 0.717) is 22.7 Å². The number of rotatable bonds is 7. The number of nitrogens with zero attached hydrogens (tertiary/aromatic N) is 1. The lowest BCUT2D eigenvalue weighted by Gasteiger charge is -2.07. The zero-order valence-electron chi connectivity index (χ0n) is 14.0. The lowest BCUT2D eigenvalue weighted by Crippen LogP contribution is -2.24. The van der Waals surface area contributed by atoms with Crippen LogP contribution >= 0.6 is 0 Å². The molecule has 2 N–H and O–H groups in total. The van der Waals surface area contributed by atoms with Crippen molar-refractivity contribution in [2.24, 2.45) is 5.10 Å². The predicted octanol–water partition coefficient (Wildman–Crippen LogP) is 2.18. The minimum Gasteiger partial charge on any atom is -0.493 e. The summed E-state index contributed by atoms with van der Waals surface area (Å²) in [6.07, 6.45) is 1.13. The van der Waals surface area contributed by atoms with E-state index in [1.165, 1.54) is 13.3 Å². The largest absolute Gasteiger partial charge is 0.493 e. The number of nitrogens with one attached hydrogen (secondary N) is 2. The van der Waals surface area contributed by atoms with Crippen LogP contribution in [0.25, 0.3) is 0 Å². The molecule has 7 heteroatoms. The quantitative estimate of drug-likeness (QED) is 0.459. The van der Waals surface area contributed by atoms with Crippen molar-refractivity contribution >= 4 is 23.7 Å². The first-order valence-electron chi connectivity index (χ1n) is 7.51. The lowest BCUT2D eigenvalue weighted by atomic mass is 10.2. The lowest BCUT2D eigenvalue weighted by molar-refractivity contribution is -0.126. The Morgan fingerprint density at radius 1 is 1.00 bits per heavy atom. The van der Waals surface area contributed by atoms with Gasteiger partial charge in [0, 0.05) is 5.69 Å². The Hall–Kier alpha value is -3.35. The summed E-state index contributed by atoms with van der Waals surface area (Å²) in [7, 11) is 3.08. The molecule has 2 aromatic rings. The first kappa shape index (κ1) is 18.0. The number of para-hydroxylation sites is 1. The number of hydrogen-bond donors (Lipinski definition) is 2. The van der Waals surface area contributed by atoms with Gasteiger partial charge in [0.25, 0.3) is 0 Å². The molecule has 7 nitrogen and oxygen atoms in total. The Morgan fingerprint density at radius 3 is 2.40 bits per heavy atom. The Bertz CT molecular complexity index is 760. The van der Waals surface area contributed by atoms with Crippen LogP contribution in [0.3, 0.4) is 0 Å². The fourth-order valence-corrected chi connectivity index (χ4v) is 2.02. The van der Waals surface area contributed by atoms with Crippen molar-refractivity contribution in [1.29, 1.82) is 0 Å². The molecule has 0 saturated carbocycles. The Balaban J connectivity index is 1.85. The first-order valence-corrected chi connectivity index (χ1v) is 7.51. The van der Waals surface area contributed by atoms with Gasteiger partial charge in [-0.1, -0.05) is 18.2 Å². The number of methoxy groups -OCH3 is 2. The van der Waals surface area contributed by atoms with Gasteiger partial charge in [-0.2, -0.15) is 5.10 Å². The number of carbonyl (C=O) groups is 2. The van der Waals surface area contributed by atoms with E-state index in [1.54, 1.807) is 49.6 Å². The molecule has 0 heterocycles. The summed E-state index contributed by atoms with van der Waals surface area (Å²) < 4.78 is 10.3. The van der Waals surface area contributed by atoms with Gasteiger partial charge in [-0.05, 0) is 35.9 Å². The minimum absolute atomic E-state index is 0.321. The van der Waals surface area contributed by atoms with E-state index in [0.717, 1.165) is 0 Å². The van der Waals surface area contributed by atoms with Gasteiger partial charge in [-0.3, -0.25) is 9.59 Å². The molecule has 0 aliphatic heterocycles. The summed E-state index contributed by atoms with van der Waals surface area (Å²) >= 11 is 0. The maximum atomic E-state index is 11.8. The van der Waals surface area contributed by atoms with Crippen LogP contribution in [0.5, 0.6) is 11.5 Å². The van der Waals surface area contributed by atoms with Crippen molar-refractivity contribution in [2.45, 2.75) is 6.42 Å². The van der Waals surface area contributed by atoms with Crippen LogP contribution in [0, 0.1) is 0 Å². The van der Waals surface area contributed by atoms with Gasteiger partial charge in [0.15, 0.2) is 11.5 Å². The van der Waals surface area contributed by atoms with Crippen LogP contribution in [0.2, 0.25) is 0 Å². The molecule has 2 rings (SSSR count). The fraction of sp³-hybridized carbons (Fsp3) is 0.167. The van der Waals surface area contributed by atoms with Crippen LogP contribution < -0.4 is 20.2 Å². The summed E-state index contributed by atoms with van der Waals surface area (Å²) in [5, 5.41) is 6.46. The van der Waals surface area contributed by atoms with Crippen molar-refractivity contribution in [3.8, 4) is 11.5 Å². The normalized spacial score (nSPS) is 10.3. The molecule has 0 aliphatic carbocycles. The van der Waals surface area contributed by atoms with Crippen molar-refractivity contribution in [3.63, 3.8) is 0 Å². The molecule has 0 aromatic heterocycles. The van der Waals surface area contributed by atoms with E-state index in [2.05, 4.69) is 15.8 Å². The molecule has 0 bridgehead atoms. The van der Waals surface area contributed by atoms with Crippen molar-refractivity contribution in [2.75, 3.05) is 19.5 Å². The van der Waals surface area contributed by atoms with E-state index in [1.807, 2.05) is 6.07 Å². The van der Waals surface area contributed by atoms with E-state index >= 15 is 0 Å².